The molecule has 0 aliphatic heterocycles. The number of aromatic nitrogens is 2. The largest absolute Gasteiger partial charge is 0.337 e. The molecule has 0 radical (unpaired) electrons. The van der Waals surface area contributed by atoms with Gasteiger partial charge in [-0.2, -0.15) is 0 Å². The number of hydrogen-bond acceptors (Lipinski definition) is 2. The van der Waals surface area contributed by atoms with Gasteiger partial charge in [-0.05, 0) is 31.7 Å². The van der Waals surface area contributed by atoms with Crippen LogP contribution >= 0.6 is 0 Å². The maximum atomic E-state index is 4.04. The molecular weight excluding hydrogens is 198 g/mol. The van der Waals surface area contributed by atoms with Crippen molar-refractivity contribution in [2.45, 2.75) is 51.6 Å². The van der Waals surface area contributed by atoms with Crippen molar-refractivity contribution in [3.8, 4) is 0 Å². The average molecular weight is 221 g/mol. The Balaban J connectivity index is 1.55. The third-order valence-electron chi connectivity index (χ3n) is 3.39. The topological polar surface area (TPSA) is 29.9 Å². The zero-order valence-electron chi connectivity index (χ0n) is 10.2. The summed E-state index contributed by atoms with van der Waals surface area (Å²) in [6.45, 7) is 4.49. The summed E-state index contributed by atoms with van der Waals surface area (Å²) in [7, 11) is 0. The third kappa shape index (κ3) is 3.97. The molecule has 2 rings (SSSR count). The minimum absolute atomic E-state index is 0.746. The molecule has 16 heavy (non-hydrogen) atoms. The highest BCUT2D eigenvalue weighted by Gasteiger charge is 2.24. The second-order valence-electron chi connectivity index (χ2n) is 4.89. The average Bonchev–Trinajstić information content (AvgIpc) is 2.96. The molecule has 1 aromatic rings. The molecule has 0 spiro atoms. The predicted octanol–water partition coefficient (Wildman–Crippen LogP) is 2.44. The Morgan fingerprint density at radius 2 is 2.38 bits per heavy atom. The summed E-state index contributed by atoms with van der Waals surface area (Å²) >= 11 is 0. The molecule has 1 heterocycles. The quantitative estimate of drug-likeness (QED) is 0.683. The Bertz CT molecular complexity index is 277. The van der Waals surface area contributed by atoms with E-state index in [1.807, 2.05) is 18.7 Å². The van der Waals surface area contributed by atoms with Gasteiger partial charge in [0.05, 0.1) is 6.33 Å². The lowest BCUT2D eigenvalue weighted by Gasteiger charge is -2.16. The van der Waals surface area contributed by atoms with E-state index in [9.17, 15) is 0 Å². The van der Waals surface area contributed by atoms with Gasteiger partial charge in [0.1, 0.15) is 0 Å². The van der Waals surface area contributed by atoms with Gasteiger partial charge in [-0.1, -0.05) is 19.8 Å². The van der Waals surface area contributed by atoms with E-state index in [0.717, 1.165) is 25.0 Å². The fourth-order valence-corrected chi connectivity index (χ4v) is 2.14. The highest BCUT2D eigenvalue weighted by atomic mass is 15.0. The summed E-state index contributed by atoms with van der Waals surface area (Å²) in [6, 6.07) is 0.746. The van der Waals surface area contributed by atoms with Gasteiger partial charge in [0, 0.05) is 25.0 Å². The van der Waals surface area contributed by atoms with Crippen LogP contribution in [0.15, 0.2) is 18.7 Å². The third-order valence-corrected chi connectivity index (χ3v) is 3.39. The first-order valence-electron chi connectivity index (χ1n) is 6.57. The molecule has 3 heteroatoms. The Morgan fingerprint density at radius 1 is 1.50 bits per heavy atom. The molecule has 1 fully saturated rings. The SMILES string of the molecule is CCC(CC1CC1)NCCCn1ccnc1. The van der Waals surface area contributed by atoms with Crippen LogP contribution in [0, 0.1) is 5.92 Å². The van der Waals surface area contributed by atoms with Crippen LogP contribution in [-0.2, 0) is 6.54 Å². The van der Waals surface area contributed by atoms with Gasteiger partial charge in [-0.15, -0.1) is 0 Å². The molecule has 0 bridgehead atoms. The minimum Gasteiger partial charge on any atom is -0.337 e. The molecular formula is C13H23N3. The first-order valence-corrected chi connectivity index (χ1v) is 6.57. The van der Waals surface area contributed by atoms with Crippen LogP contribution < -0.4 is 5.32 Å². The molecule has 90 valence electrons. The molecule has 0 amide bonds. The van der Waals surface area contributed by atoms with E-state index in [1.165, 1.54) is 32.1 Å². The zero-order chi connectivity index (χ0) is 11.2. The lowest BCUT2D eigenvalue weighted by Crippen LogP contribution is -2.30. The minimum atomic E-state index is 0.746. The van der Waals surface area contributed by atoms with Gasteiger partial charge in [0.25, 0.3) is 0 Å². The second kappa shape index (κ2) is 6.04. The monoisotopic (exact) mass is 221 g/mol. The predicted molar refractivity (Wildman–Crippen MR) is 66.3 cm³/mol. The van der Waals surface area contributed by atoms with Gasteiger partial charge < -0.3 is 9.88 Å². The number of nitrogens with zero attached hydrogens (tertiary/aromatic N) is 2. The maximum absolute atomic E-state index is 4.04. The first-order chi connectivity index (χ1) is 7.88. The lowest BCUT2D eigenvalue weighted by molar-refractivity contribution is 0.434. The molecule has 1 unspecified atom stereocenters. The zero-order valence-corrected chi connectivity index (χ0v) is 10.2. The lowest BCUT2D eigenvalue weighted by atomic mass is 10.1. The van der Waals surface area contributed by atoms with E-state index in [2.05, 4.69) is 21.8 Å². The number of hydrogen-bond donors (Lipinski definition) is 1. The molecule has 1 aliphatic rings. The summed E-state index contributed by atoms with van der Waals surface area (Å²) < 4.78 is 2.14. The number of rotatable bonds is 8. The molecule has 1 saturated carbocycles. The van der Waals surface area contributed by atoms with E-state index in [4.69, 9.17) is 0 Å². The van der Waals surface area contributed by atoms with Crippen LogP contribution in [0.2, 0.25) is 0 Å². The summed E-state index contributed by atoms with van der Waals surface area (Å²) in [5.74, 6) is 1.03. The van der Waals surface area contributed by atoms with Crippen molar-refractivity contribution < 1.29 is 0 Å². The highest BCUT2D eigenvalue weighted by Crippen LogP contribution is 2.33. The number of nitrogens with one attached hydrogen (secondary N) is 1. The Hall–Kier alpha value is -0.830. The molecule has 1 atom stereocenters. The second-order valence-corrected chi connectivity index (χ2v) is 4.89. The van der Waals surface area contributed by atoms with E-state index >= 15 is 0 Å². The van der Waals surface area contributed by atoms with Gasteiger partial charge in [0.15, 0.2) is 0 Å². The van der Waals surface area contributed by atoms with Crippen molar-refractivity contribution in [2.75, 3.05) is 6.54 Å². The van der Waals surface area contributed by atoms with Crippen LogP contribution in [0.4, 0.5) is 0 Å². The molecule has 0 aromatic carbocycles. The molecule has 1 aliphatic carbocycles. The van der Waals surface area contributed by atoms with Crippen LogP contribution in [0.5, 0.6) is 0 Å². The van der Waals surface area contributed by atoms with Crippen molar-refractivity contribution in [1.82, 2.24) is 14.9 Å². The van der Waals surface area contributed by atoms with Crippen LogP contribution in [-0.4, -0.2) is 22.1 Å². The van der Waals surface area contributed by atoms with Gasteiger partial charge in [-0.25, -0.2) is 4.98 Å². The van der Waals surface area contributed by atoms with Crippen LogP contribution in [0.25, 0.3) is 0 Å². The summed E-state index contributed by atoms with van der Waals surface area (Å²) in [4.78, 5) is 4.04. The van der Waals surface area contributed by atoms with E-state index in [1.54, 1.807) is 0 Å². The number of aryl methyl sites for hydroxylation is 1. The fraction of sp³-hybridized carbons (Fsp3) is 0.769. The Morgan fingerprint density at radius 3 is 3.00 bits per heavy atom. The fourth-order valence-electron chi connectivity index (χ4n) is 2.14. The van der Waals surface area contributed by atoms with Gasteiger partial charge in [-0.3, -0.25) is 0 Å². The van der Waals surface area contributed by atoms with Crippen molar-refractivity contribution in [3.63, 3.8) is 0 Å². The van der Waals surface area contributed by atoms with Crippen molar-refractivity contribution in [2.24, 2.45) is 5.92 Å². The molecule has 1 N–H and O–H groups in total. The van der Waals surface area contributed by atoms with Gasteiger partial charge in [0.2, 0.25) is 0 Å². The Labute approximate surface area is 98.3 Å². The molecule has 0 saturated heterocycles. The number of imidazole rings is 1. The van der Waals surface area contributed by atoms with E-state index < -0.39 is 0 Å². The Kier molecular flexibility index (Phi) is 4.40. The van der Waals surface area contributed by atoms with Crippen molar-refractivity contribution in [3.05, 3.63) is 18.7 Å². The van der Waals surface area contributed by atoms with Crippen molar-refractivity contribution >= 4 is 0 Å². The molecule has 3 nitrogen and oxygen atoms in total. The summed E-state index contributed by atoms with van der Waals surface area (Å²) in [6.07, 6.45) is 12.5. The standard InChI is InChI=1S/C13H23N3/c1-2-13(10-12-4-5-12)15-6-3-8-16-9-7-14-11-16/h7,9,11-13,15H,2-6,8,10H2,1H3. The van der Waals surface area contributed by atoms with E-state index in [-0.39, 0.29) is 0 Å². The first kappa shape index (κ1) is 11.6. The summed E-state index contributed by atoms with van der Waals surface area (Å²) in [5.41, 5.74) is 0. The highest BCUT2D eigenvalue weighted by molar-refractivity contribution is 4.79. The van der Waals surface area contributed by atoms with Gasteiger partial charge >= 0.3 is 0 Å². The normalized spacial score (nSPS) is 17.6. The van der Waals surface area contributed by atoms with Crippen molar-refractivity contribution in [1.29, 1.82) is 0 Å². The smallest absolute Gasteiger partial charge is 0.0945 e. The van der Waals surface area contributed by atoms with Crippen LogP contribution in [0.3, 0.4) is 0 Å². The maximum Gasteiger partial charge on any atom is 0.0945 e. The molecule has 1 aromatic heterocycles. The van der Waals surface area contributed by atoms with Crippen LogP contribution in [0.1, 0.15) is 39.0 Å². The van der Waals surface area contributed by atoms with E-state index in [0.29, 0.717) is 0 Å². The summed E-state index contributed by atoms with van der Waals surface area (Å²) in [5, 5.41) is 3.67.